The highest BCUT2D eigenvalue weighted by atomic mass is 16.7. The summed E-state index contributed by atoms with van der Waals surface area (Å²) in [4.78, 5) is 0. The Kier molecular flexibility index (Phi) is 6.55. The minimum atomic E-state index is -1.56. The summed E-state index contributed by atoms with van der Waals surface area (Å²) in [6, 6.07) is 0. The standard InChI is InChI=1S/C15H24O9/c1-4-5-21-14-12(20)13(9(17)7(3)22-14)24-15-11(19)10(18)8(16)6(2)23-15/h1,6-20H,5H2,2-3H3/t6?,7?,8-,9-,10?,11?,12?,13?,14+,15-/m0/s1. The number of aliphatic hydroxyl groups is 5. The minimum absolute atomic E-state index is 0.109. The summed E-state index contributed by atoms with van der Waals surface area (Å²) >= 11 is 0. The van der Waals surface area contributed by atoms with E-state index in [0.717, 1.165) is 0 Å². The Morgan fingerprint density at radius 2 is 1.42 bits per heavy atom. The van der Waals surface area contributed by atoms with Crippen LogP contribution < -0.4 is 0 Å². The molecule has 2 aliphatic heterocycles. The smallest absolute Gasteiger partial charge is 0.187 e. The van der Waals surface area contributed by atoms with Crippen molar-refractivity contribution in [3.63, 3.8) is 0 Å². The van der Waals surface area contributed by atoms with E-state index in [1.54, 1.807) is 6.92 Å². The lowest BCUT2D eigenvalue weighted by molar-refractivity contribution is -0.353. The Labute approximate surface area is 139 Å². The molecule has 9 heteroatoms. The molecule has 24 heavy (non-hydrogen) atoms. The molecule has 0 amide bonds. The number of terminal acetylenes is 1. The van der Waals surface area contributed by atoms with Gasteiger partial charge in [0.2, 0.25) is 0 Å². The second-order valence-corrected chi connectivity index (χ2v) is 5.99. The lowest BCUT2D eigenvalue weighted by atomic mass is 9.97. The van der Waals surface area contributed by atoms with Gasteiger partial charge in [-0.05, 0) is 13.8 Å². The lowest BCUT2D eigenvalue weighted by Crippen LogP contribution is -2.63. The Morgan fingerprint density at radius 1 is 0.833 bits per heavy atom. The van der Waals surface area contributed by atoms with Gasteiger partial charge in [-0.25, -0.2) is 0 Å². The highest BCUT2D eigenvalue weighted by Crippen LogP contribution is 2.29. The number of aliphatic hydroxyl groups excluding tert-OH is 5. The van der Waals surface area contributed by atoms with Crippen molar-refractivity contribution in [2.24, 2.45) is 0 Å². The molecule has 0 radical (unpaired) electrons. The molecule has 10 atom stereocenters. The Bertz CT molecular complexity index is 453. The highest BCUT2D eigenvalue weighted by Gasteiger charge is 2.49. The number of hydrogen-bond acceptors (Lipinski definition) is 9. The van der Waals surface area contributed by atoms with E-state index in [0.29, 0.717) is 0 Å². The van der Waals surface area contributed by atoms with E-state index >= 15 is 0 Å². The molecule has 0 aromatic rings. The maximum absolute atomic E-state index is 10.3. The van der Waals surface area contributed by atoms with Gasteiger partial charge in [0, 0.05) is 0 Å². The van der Waals surface area contributed by atoms with Crippen molar-refractivity contribution in [2.45, 2.75) is 75.3 Å². The average Bonchev–Trinajstić information content (AvgIpc) is 2.56. The normalized spacial score (nSPS) is 49.6. The van der Waals surface area contributed by atoms with Crippen LogP contribution in [0, 0.1) is 12.3 Å². The quantitative estimate of drug-likeness (QED) is 0.344. The summed E-state index contributed by atoms with van der Waals surface area (Å²) < 4.78 is 21.3. The van der Waals surface area contributed by atoms with Gasteiger partial charge in [-0.15, -0.1) is 6.42 Å². The predicted octanol–water partition coefficient (Wildman–Crippen LogP) is -2.68. The van der Waals surface area contributed by atoms with Crippen molar-refractivity contribution in [3.8, 4) is 12.3 Å². The molecule has 2 saturated heterocycles. The molecule has 9 nitrogen and oxygen atoms in total. The van der Waals surface area contributed by atoms with Crippen LogP contribution in [0.5, 0.6) is 0 Å². The molecule has 0 spiro atoms. The maximum atomic E-state index is 10.3. The molecular formula is C15H24O9. The third-order valence-corrected chi connectivity index (χ3v) is 4.21. The molecule has 138 valence electrons. The van der Waals surface area contributed by atoms with Crippen molar-refractivity contribution in [1.82, 2.24) is 0 Å². The van der Waals surface area contributed by atoms with E-state index in [9.17, 15) is 25.5 Å². The van der Waals surface area contributed by atoms with Gasteiger partial charge in [0.25, 0.3) is 0 Å². The fourth-order valence-electron chi connectivity index (χ4n) is 2.71. The molecule has 6 unspecified atom stereocenters. The lowest BCUT2D eigenvalue weighted by Gasteiger charge is -2.45. The van der Waals surface area contributed by atoms with E-state index in [1.165, 1.54) is 6.92 Å². The van der Waals surface area contributed by atoms with Crippen LogP contribution in [0.15, 0.2) is 0 Å². The van der Waals surface area contributed by atoms with E-state index in [1.807, 2.05) is 0 Å². The SMILES string of the molecule is C#CCO[C@@H]1OC(C)[C@H](O)C(O[C@@H]2OC(C)[C@H](O)C(O)C2O)C1O. The van der Waals surface area contributed by atoms with Crippen LogP contribution >= 0.6 is 0 Å². The van der Waals surface area contributed by atoms with Gasteiger partial charge in [0.15, 0.2) is 12.6 Å². The van der Waals surface area contributed by atoms with E-state index in [4.69, 9.17) is 25.4 Å². The second-order valence-electron chi connectivity index (χ2n) is 5.99. The molecule has 2 fully saturated rings. The van der Waals surface area contributed by atoms with Crippen LogP contribution in [0.25, 0.3) is 0 Å². The predicted molar refractivity (Wildman–Crippen MR) is 78.4 cm³/mol. The molecule has 0 saturated carbocycles. The summed E-state index contributed by atoms with van der Waals surface area (Å²) in [6.45, 7) is 2.94. The van der Waals surface area contributed by atoms with E-state index in [-0.39, 0.29) is 6.61 Å². The summed E-state index contributed by atoms with van der Waals surface area (Å²) in [5.41, 5.74) is 0. The molecule has 2 aliphatic rings. The molecule has 2 rings (SSSR count). The van der Waals surface area contributed by atoms with Gasteiger partial charge in [-0.1, -0.05) is 5.92 Å². The average molecular weight is 348 g/mol. The van der Waals surface area contributed by atoms with Crippen LogP contribution in [0.4, 0.5) is 0 Å². The molecule has 0 aromatic heterocycles. The van der Waals surface area contributed by atoms with Gasteiger partial charge < -0.3 is 44.5 Å². The molecule has 5 N–H and O–H groups in total. The Hall–Kier alpha value is -0.800. The van der Waals surface area contributed by atoms with Gasteiger partial charge in [-0.2, -0.15) is 0 Å². The fraction of sp³-hybridized carbons (Fsp3) is 0.867. The van der Waals surface area contributed by atoms with Gasteiger partial charge in [0.05, 0.1) is 12.2 Å². The third-order valence-electron chi connectivity index (χ3n) is 4.21. The first-order valence-corrected chi connectivity index (χ1v) is 7.69. The van der Waals surface area contributed by atoms with Gasteiger partial charge in [0.1, 0.15) is 43.2 Å². The van der Waals surface area contributed by atoms with Crippen molar-refractivity contribution in [1.29, 1.82) is 0 Å². The largest absolute Gasteiger partial charge is 0.388 e. The number of rotatable bonds is 4. The van der Waals surface area contributed by atoms with Gasteiger partial charge >= 0.3 is 0 Å². The first-order chi connectivity index (χ1) is 11.3. The first-order valence-electron chi connectivity index (χ1n) is 7.69. The fourth-order valence-corrected chi connectivity index (χ4v) is 2.71. The molecule has 0 aromatic carbocycles. The molecular weight excluding hydrogens is 324 g/mol. The summed E-state index contributed by atoms with van der Waals surface area (Å²) in [5, 5.41) is 50.0. The zero-order valence-corrected chi connectivity index (χ0v) is 13.4. The van der Waals surface area contributed by atoms with Gasteiger partial charge in [-0.3, -0.25) is 0 Å². The third kappa shape index (κ3) is 3.88. The maximum Gasteiger partial charge on any atom is 0.187 e. The second kappa shape index (κ2) is 8.05. The first kappa shape index (κ1) is 19.5. The van der Waals surface area contributed by atoms with E-state index in [2.05, 4.69) is 5.92 Å². The topological polar surface area (TPSA) is 138 Å². The van der Waals surface area contributed by atoms with Crippen LogP contribution in [0.3, 0.4) is 0 Å². The Morgan fingerprint density at radius 3 is 2.04 bits per heavy atom. The summed E-state index contributed by atoms with van der Waals surface area (Å²) in [5.74, 6) is 2.24. The van der Waals surface area contributed by atoms with Crippen LogP contribution in [-0.4, -0.2) is 93.6 Å². The highest BCUT2D eigenvalue weighted by molar-refractivity contribution is 4.93. The summed E-state index contributed by atoms with van der Waals surface area (Å²) in [6.07, 6.45) is -7.11. The number of ether oxygens (including phenoxy) is 4. The molecule has 2 heterocycles. The molecule has 0 bridgehead atoms. The van der Waals surface area contributed by atoms with Crippen LogP contribution in [0.1, 0.15) is 13.8 Å². The van der Waals surface area contributed by atoms with Crippen molar-refractivity contribution in [2.75, 3.05) is 6.61 Å². The van der Waals surface area contributed by atoms with Crippen molar-refractivity contribution >= 4 is 0 Å². The zero-order chi connectivity index (χ0) is 18.0. The van der Waals surface area contributed by atoms with Crippen molar-refractivity contribution < 1.29 is 44.5 Å². The monoisotopic (exact) mass is 348 g/mol. The van der Waals surface area contributed by atoms with Crippen LogP contribution in [-0.2, 0) is 18.9 Å². The minimum Gasteiger partial charge on any atom is -0.388 e. The zero-order valence-electron chi connectivity index (χ0n) is 13.4. The van der Waals surface area contributed by atoms with E-state index < -0.39 is 61.4 Å². The molecule has 0 aliphatic carbocycles. The van der Waals surface area contributed by atoms with Crippen molar-refractivity contribution in [3.05, 3.63) is 0 Å². The Balaban J connectivity index is 2.09. The number of hydrogen-bond donors (Lipinski definition) is 5. The van der Waals surface area contributed by atoms with Crippen LogP contribution in [0.2, 0.25) is 0 Å². The summed E-state index contributed by atoms with van der Waals surface area (Å²) in [7, 11) is 0.